The number of rotatable bonds is 5. The maximum absolute atomic E-state index is 12.5. The molecule has 124 valence electrons. The average Bonchev–Trinajstić information content (AvgIpc) is 2.85. The zero-order valence-corrected chi connectivity index (χ0v) is 13.5. The van der Waals surface area contributed by atoms with E-state index in [1.807, 2.05) is 0 Å². The van der Waals surface area contributed by atoms with Crippen molar-refractivity contribution in [3.05, 3.63) is 53.9 Å². The number of carboxylic acids is 1. The fourth-order valence-electron chi connectivity index (χ4n) is 2.32. The van der Waals surface area contributed by atoms with Crippen LogP contribution in [0.2, 0.25) is 0 Å². The molecule has 0 atom stereocenters. The maximum Gasteiger partial charge on any atom is 0.307 e. The van der Waals surface area contributed by atoms with E-state index in [-0.39, 0.29) is 11.3 Å². The predicted molar refractivity (Wildman–Crippen MR) is 87.3 cm³/mol. The Morgan fingerprint density at radius 2 is 2.04 bits per heavy atom. The lowest BCUT2D eigenvalue weighted by molar-refractivity contribution is -0.136. The van der Waals surface area contributed by atoms with Crippen molar-refractivity contribution >= 4 is 32.8 Å². The monoisotopic (exact) mass is 346 g/mol. The number of fused-ring (bicyclic) bond motifs is 1. The molecule has 0 unspecified atom stereocenters. The summed E-state index contributed by atoms with van der Waals surface area (Å²) in [5.41, 5.74) is 1.76. The van der Waals surface area contributed by atoms with Crippen molar-refractivity contribution in [1.82, 2.24) is 4.98 Å². The molecule has 24 heavy (non-hydrogen) atoms. The van der Waals surface area contributed by atoms with E-state index in [9.17, 15) is 13.2 Å². The highest BCUT2D eigenvalue weighted by molar-refractivity contribution is 7.92. The van der Waals surface area contributed by atoms with Crippen molar-refractivity contribution in [3.8, 4) is 0 Å². The molecule has 0 aliphatic carbocycles. The van der Waals surface area contributed by atoms with Gasteiger partial charge in [0.25, 0.3) is 10.0 Å². The van der Waals surface area contributed by atoms with E-state index >= 15 is 0 Å². The van der Waals surface area contributed by atoms with E-state index in [0.717, 1.165) is 0 Å². The minimum Gasteiger partial charge on any atom is -0.481 e. The molecule has 3 rings (SSSR count). The van der Waals surface area contributed by atoms with Crippen LogP contribution >= 0.6 is 0 Å². The topological polar surface area (TPSA) is 110 Å². The predicted octanol–water partition coefficient (Wildman–Crippen LogP) is 2.56. The minimum absolute atomic E-state index is 0.0368. The molecule has 0 saturated heterocycles. The number of aryl methyl sites for hydroxylation is 1. The molecule has 2 N–H and O–H groups in total. The molecule has 2 aromatic carbocycles. The molecule has 0 amide bonds. The number of oxazole rings is 1. The molecule has 3 aromatic rings. The largest absolute Gasteiger partial charge is 0.481 e. The van der Waals surface area contributed by atoms with E-state index in [0.29, 0.717) is 28.2 Å². The Bertz CT molecular complexity index is 1020. The Morgan fingerprint density at radius 1 is 1.25 bits per heavy atom. The van der Waals surface area contributed by atoms with Crippen LogP contribution in [-0.2, 0) is 21.2 Å². The van der Waals surface area contributed by atoms with Gasteiger partial charge in [0, 0.05) is 18.7 Å². The third-order valence-electron chi connectivity index (χ3n) is 3.31. The van der Waals surface area contributed by atoms with Gasteiger partial charge in [-0.05, 0) is 29.8 Å². The van der Waals surface area contributed by atoms with E-state index < -0.39 is 16.0 Å². The van der Waals surface area contributed by atoms with Gasteiger partial charge in [0.05, 0.1) is 11.3 Å². The van der Waals surface area contributed by atoms with E-state index in [4.69, 9.17) is 9.52 Å². The first-order chi connectivity index (χ1) is 11.3. The van der Waals surface area contributed by atoms with E-state index in [1.54, 1.807) is 31.2 Å². The van der Waals surface area contributed by atoms with Crippen LogP contribution in [0.3, 0.4) is 0 Å². The summed E-state index contributed by atoms with van der Waals surface area (Å²) in [7, 11) is -3.83. The Labute approximate surface area is 138 Å². The lowest BCUT2D eigenvalue weighted by Gasteiger charge is -2.09. The van der Waals surface area contributed by atoms with Crippen LogP contribution in [-0.4, -0.2) is 24.5 Å². The standard InChI is InChI=1S/C16H14N2O5S/c1-10-17-14-6-5-13(9-15(14)23-10)24(21,22)18-12-4-2-3-11(7-12)8-16(19)20/h2-7,9,18H,8H2,1H3,(H,19,20). The highest BCUT2D eigenvalue weighted by Crippen LogP contribution is 2.22. The summed E-state index contributed by atoms with van der Waals surface area (Å²) in [6.45, 7) is 1.68. The first-order valence-electron chi connectivity index (χ1n) is 7.04. The Kier molecular flexibility index (Phi) is 3.98. The molecular weight excluding hydrogens is 332 g/mol. The molecule has 0 spiro atoms. The molecule has 0 radical (unpaired) electrons. The van der Waals surface area contributed by atoms with Gasteiger partial charge in [0.15, 0.2) is 11.5 Å². The number of aliphatic carboxylic acids is 1. The number of hydrogen-bond donors (Lipinski definition) is 2. The summed E-state index contributed by atoms with van der Waals surface area (Å²) >= 11 is 0. The molecule has 1 aromatic heterocycles. The van der Waals surface area contributed by atoms with Crippen LogP contribution in [0, 0.1) is 6.92 Å². The second-order valence-corrected chi connectivity index (χ2v) is 6.92. The van der Waals surface area contributed by atoms with Gasteiger partial charge in [-0.3, -0.25) is 9.52 Å². The SMILES string of the molecule is Cc1nc2ccc(S(=O)(=O)Nc3cccc(CC(=O)O)c3)cc2o1. The van der Waals surface area contributed by atoms with Crippen LogP contribution < -0.4 is 4.72 Å². The number of carboxylic acid groups (broad SMARTS) is 1. The second kappa shape index (κ2) is 5.97. The van der Waals surface area contributed by atoms with Gasteiger partial charge >= 0.3 is 5.97 Å². The van der Waals surface area contributed by atoms with Crippen LogP contribution in [0.25, 0.3) is 11.1 Å². The van der Waals surface area contributed by atoms with Crippen molar-refractivity contribution in [3.63, 3.8) is 0 Å². The Morgan fingerprint density at radius 3 is 2.79 bits per heavy atom. The summed E-state index contributed by atoms with van der Waals surface area (Å²) in [5, 5.41) is 8.82. The lowest BCUT2D eigenvalue weighted by Crippen LogP contribution is -2.13. The lowest BCUT2D eigenvalue weighted by atomic mass is 10.1. The highest BCUT2D eigenvalue weighted by atomic mass is 32.2. The highest BCUT2D eigenvalue weighted by Gasteiger charge is 2.16. The summed E-state index contributed by atoms with van der Waals surface area (Å²) in [6.07, 6.45) is -0.182. The summed E-state index contributed by atoms with van der Waals surface area (Å²) in [5.74, 6) is -0.532. The van der Waals surface area contributed by atoms with Gasteiger partial charge in [-0.15, -0.1) is 0 Å². The van der Waals surface area contributed by atoms with Crippen molar-refractivity contribution < 1.29 is 22.7 Å². The van der Waals surface area contributed by atoms with Crippen molar-refractivity contribution in [1.29, 1.82) is 0 Å². The Balaban J connectivity index is 1.90. The summed E-state index contributed by atoms with van der Waals surface area (Å²) < 4.78 is 32.8. The zero-order valence-electron chi connectivity index (χ0n) is 12.7. The molecule has 0 aliphatic rings. The normalized spacial score (nSPS) is 11.5. The molecule has 0 saturated carbocycles. The molecule has 0 bridgehead atoms. The van der Waals surface area contributed by atoms with Crippen LogP contribution in [0.1, 0.15) is 11.5 Å². The molecule has 0 fully saturated rings. The number of benzene rings is 2. The number of anilines is 1. The maximum atomic E-state index is 12.5. The third-order valence-corrected chi connectivity index (χ3v) is 4.69. The fourth-order valence-corrected chi connectivity index (χ4v) is 3.39. The Hall–Kier alpha value is -2.87. The molecule has 0 aliphatic heterocycles. The van der Waals surface area contributed by atoms with Gasteiger partial charge < -0.3 is 9.52 Å². The van der Waals surface area contributed by atoms with Crippen LogP contribution in [0.5, 0.6) is 0 Å². The second-order valence-electron chi connectivity index (χ2n) is 5.24. The zero-order chi connectivity index (χ0) is 17.3. The fraction of sp³-hybridized carbons (Fsp3) is 0.125. The van der Waals surface area contributed by atoms with Crippen molar-refractivity contribution in [2.75, 3.05) is 4.72 Å². The van der Waals surface area contributed by atoms with Crippen LogP contribution in [0.4, 0.5) is 5.69 Å². The van der Waals surface area contributed by atoms with Crippen molar-refractivity contribution in [2.45, 2.75) is 18.2 Å². The molecule has 1 heterocycles. The number of nitrogens with one attached hydrogen (secondary N) is 1. The summed E-state index contributed by atoms with van der Waals surface area (Å²) in [6, 6.07) is 10.7. The first kappa shape index (κ1) is 16.0. The summed E-state index contributed by atoms with van der Waals surface area (Å²) in [4.78, 5) is 14.9. The molecule has 7 nitrogen and oxygen atoms in total. The minimum atomic E-state index is -3.83. The number of aromatic nitrogens is 1. The van der Waals surface area contributed by atoms with Gasteiger partial charge in [-0.1, -0.05) is 12.1 Å². The van der Waals surface area contributed by atoms with E-state index in [2.05, 4.69) is 9.71 Å². The molecule has 8 heteroatoms. The van der Waals surface area contributed by atoms with Gasteiger partial charge in [0.1, 0.15) is 5.52 Å². The van der Waals surface area contributed by atoms with Gasteiger partial charge in [-0.25, -0.2) is 13.4 Å². The number of carbonyl (C=O) groups is 1. The average molecular weight is 346 g/mol. The van der Waals surface area contributed by atoms with Gasteiger partial charge in [0.2, 0.25) is 0 Å². The van der Waals surface area contributed by atoms with Crippen LogP contribution in [0.15, 0.2) is 51.8 Å². The van der Waals surface area contributed by atoms with Gasteiger partial charge in [-0.2, -0.15) is 0 Å². The number of hydrogen-bond acceptors (Lipinski definition) is 5. The molecular formula is C16H14N2O5S. The third kappa shape index (κ3) is 3.38. The first-order valence-corrected chi connectivity index (χ1v) is 8.52. The quantitative estimate of drug-likeness (QED) is 0.735. The number of nitrogens with zero attached hydrogens (tertiary/aromatic N) is 1. The van der Waals surface area contributed by atoms with E-state index in [1.165, 1.54) is 18.2 Å². The van der Waals surface area contributed by atoms with Crippen molar-refractivity contribution in [2.24, 2.45) is 0 Å². The number of sulfonamides is 1. The smallest absolute Gasteiger partial charge is 0.307 e.